The second-order valence-corrected chi connectivity index (χ2v) is 13.5. The van der Waals surface area contributed by atoms with E-state index in [1.54, 1.807) is 51.1 Å². The monoisotopic (exact) mass is 620 g/mol. The number of hydrogen-bond acceptors (Lipinski definition) is 11. The number of hydrogen-bond donors (Lipinski definition) is 4. The largest absolute Gasteiger partial charge is 0.462 e. The van der Waals surface area contributed by atoms with Crippen molar-refractivity contribution in [3.05, 3.63) is 47.0 Å². The first-order chi connectivity index (χ1) is 18.3. The summed E-state index contributed by atoms with van der Waals surface area (Å²) in [5.41, 5.74) is 5.13. The van der Waals surface area contributed by atoms with Gasteiger partial charge >= 0.3 is 12.6 Å². The number of H-pyrrole nitrogens is 1. The van der Waals surface area contributed by atoms with Crippen LogP contribution in [0.25, 0.3) is 11.2 Å². The SMILES string of the molecule is CC(C)OC(=O)[C@H](C)N[P@](=S)(OC[C@H]1O[C@@H](n2cnc3c(=O)[nH]c(N)nc32)C(Cl)(Cl)[C@@H]1O)Oc1ccccc1. The minimum atomic E-state index is -3.44. The van der Waals surface area contributed by atoms with Crippen molar-refractivity contribution in [3.63, 3.8) is 0 Å². The topological polar surface area (TPSA) is 176 Å². The molecule has 1 aromatic carbocycles. The van der Waals surface area contributed by atoms with E-state index in [2.05, 4.69) is 20.0 Å². The summed E-state index contributed by atoms with van der Waals surface area (Å²) in [6.07, 6.45) is -2.91. The molecule has 4 rings (SSSR count). The number of carbonyl (C=O) groups is 1. The summed E-state index contributed by atoms with van der Waals surface area (Å²) in [6.45, 7) is 1.24. The van der Waals surface area contributed by atoms with Crippen molar-refractivity contribution in [1.82, 2.24) is 24.6 Å². The molecule has 0 amide bonds. The number of aromatic nitrogens is 4. The summed E-state index contributed by atoms with van der Waals surface area (Å²) in [4.78, 5) is 35.1. The van der Waals surface area contributed by atoms with E-state index in [-0.39, 0.29) is 29.8 Å². The number of carbonyl (C=O) groups excluding carboxylic acids is 1. The summed E-state index contributed by atoms with van der Waals surface area (Å²) in [7, 11) is 0. The number of nitrogens with two attached hydrogens (primary N) is 1. The van der Waals surface area contributed by atoms with E-state index in [4.69, 9.17) is 59.3 Å². The van der Waals surface area contributed by atoms with Crippen LogP contribution in [0.5, 0.6) is 5.75 Å². The molecule has 0 saturated carbocycles. The van der Waals surface area contributed by atoms with Gasteiger partial charge in [-0.25, -0.2) is 10.1 Å². The number of fused-ring (bicyclic) bond motifs is 1. The lowest BCUT2D eigenvalue weighted by molar-refractivity contribution is -0.149. The summed E-state index contributed by atoms with van der Waals surface area (Å²) in [6, 6.07) is 7.76. The third-order valence-electron chi connectivity index (χ3n) is 5.52. The number of aromatic amines is 1. The standard InChI is InChI=1S/C22H27Cl2N6O7PS/c1-11(2)35-19(33)12(3)29-38(39,37-13-7-5-4-6-8-13)34-9-14-16(31)22(23,24)20(36-14)30-10-26-15-17(30)27-21(25)28-18(15)32/h4-8,10-12,14,16,20,31H,9H2,1-3H3,(H,29,39)(H3,25,27,28,32)/t12-,14+,16+,20+,38-/m0/s1. The van der Waals surface area contributed by atoms with Gasteiger partial charge in [-0.15, -0.1) is 0 Å². The van der Waals surface area contributed by atoms with Crippen LogP contribution in [-0.2, 0) is 30.6 Å². The molecule has 1 aliphatic rings. The van der Waals surface area contributed by atoms with Crippen molar-refractivity contribution >= 4 is 64.7 Å². The van der Waals surface area contributed by atoms with Crippen LogP contribution in [0.4, 0.5) is 5.95 Å². The number of rotatable bonds is 10. The zero-order valence-electron chi connectivity index (χ0n) is 21.0. The smallest absolute Gasteiger partial charge is 0.323 e. The number of nitrogens with one attached hydrogen (secondary N) is 2. The molecule has 212 valence electrons. The lowest BCUT2D eigenvalue weighted by atomic mass is 10.2. The Kier molecular flexibility index (Phi) is 8.89. The van der Waals surface area contributed by atoms with Crippen molar-refractivity contribution < 1.29 is 28.4 Å². The zero-order chi connectivity index (χ0) is 28.5. The number of imidazole rings is 1. The highest BCUT2D eigenvalue weighted by molar-refractivity contribution is 8.09. The van der Waals surface area contributed by atoms with Gasteiger partial charge in [0.1, 0.15) is 24.0 Å². The number of nitrogens with zero attached hydrogens (tertiary/aromatic N) is 3. The van der Waals surface area contributed by atoms with E-state index < -0.39 is 47.0 Å². The Morgan fingerprint density at radius 1 is 1.36 bits per heavy atom. The minimum Gasteiger partial charge on any atom is -0.462 e. The molecule has 0 aliphatic carbocycles. The van der Waals surface area contributed by atoms with Gasteiger partial charge in [0.25, 0.3) is 5.56 Å². The van der Waals surface area contributed by atoms with E-state index in [1.165, 1.54) is 10.9 Å². The molecule has 5 N–H and O–H groups in total. The maximum atomic E-state index is 12.4. The lowest BCUT2D eigenvalue weighted by Crippen LogP contribution is -2.39. The normalized spacial score (nSPS) is 23.0. The van der Waals surface area contributed by atoms with E-state index in [1.807, 2.05) is 0 Å². The fourth-order valence-electron chi connectivity index (χ4n) is 3.73. The maximum absolute atomic E-state index is 12.4. The molecule has 2 aromatic heterocycles. The number of benzene rings is 1. The number of para-hydroxylation sites is 1. The van der Waals surface area contributed by atoms with Crippen LogP contribution >= 0.6 is 29.8 Å². The van der Waals surface area contributed by atoms with Gasteiger partial charge in [0.15, 0.2) is 21.7 Å². The average molecular weight is 621 g/mol. The molecule has 0 unspecified atom stereocenters. The Balaban J connectivity index is 1.56. The summed E-state index contributed by atoms with van der Waals surface area (Å²) >= 11 is 18.7. The minimum absolute atomic E-state index is 0.0237. The Morgan fingerprint density at radius 3 is 2.72 bits per heavy atom. The third-order valence-corrected chi connectivity index (χ3v) is 8.84. The Morgan fingerprint density at radius 2 is 2.05 bits per heavy atom. The zero-order valence-corrected chi connectivity index (χ0v) is 24.2. The number of alkyl halides is 2. The molecule has 3 aromatic rings. The van der Waals surface area contributed by atoms with Gasteiger partial charge in [-0.1, -0.05) is 41.4 Å². The van der Waals surface area contributed by atoms with Gasteiger partial charge in [0, 0.05) is 0 Å². The second kappa shape index (κ2) is 11.7. The van der Waals surface area contributed by atoms with Crippen LogP contribution in [-0.4, -0.2) is 65.9 Å². The van der Waals surface area contributed by atoms with Crippen molar-refractivity contribution in [2.75, 3.05) is 12.3 Å². The van der Waals surface area contributed by atoms with Crippen LogP contribution in [0.1, 0.15) is 27.0 Å². The first-order valence-electron chi connectivity index (χ1n) is 11.7. The Labute approximate surface area is 238 Å². The first kappa shape index (κ1) is 29.7. The van der Waals surface area contributed by atoms with Gasteiger partial charge in [0.05, 0.1) is 19.0 Å². The first-order valence-corrected chi connectivity index (χ1v) is 15.1. The van der Waals surface area contributed by atoms with Crippen LogP contribution in [0.2, 0.25) is 0 Å². The van der Waals surface area contributed by atoms with Crippen molar-refractivity contribution in [3.8, 4) is 5.75 Å². The fourth-order valence-corrected chi connectivity index (χ4v) is 6.74. The van der Waals surface area contributed by atoms with Crippen molar-refractivity contribution in [2.24, 2.45) is 0 Å². The fraction of sp³-hybridized carbons (Fsp3) is 0.455. The van der Waals surface area contributed by atoms with Gasteiger partial charge in [-0.3, -0.25) is 19.1 Å². The molecule has 3 heterocycles. The summed E-state index contributed by atoms with van der Waals surface area (Å²) in [5.74, 6) is -0.310. The van der Waals surface area contributed by atoms with E-state index >= 15 is 0 Å². The number of anilines is 1. The van der Waals surface area contributed by atoms with Gasteiger partial charge in [0.2, 0.25) is 5.95 Å². The molecule has 1 fully saturated rings. The van der Waals surface area contributed by atoms with Crippen LogP contribution < -0.4 is 20.9 Å². The van der Waals surface area contributed by atoms with Crippen LogP contribution in [0, 0.1) is 0 Å². The predicted octanol–water partition coefficient (Wildman–Crippen LogP) is 2.38. The average Bonchev–Trinajstić information content (AvgIpc) is 3.36. The molecule has 0 spiro atoms. The Hall–Kier alpha value is -2.29. The highest BCUT2D eigenvalue weighted by atomic mass is 35.5. The highest BCUT2D eigenvalue weighted by Gasteiger charge is 2.56. The molecule has 0 bridgehead atoms. The highest BCUT2D eigenvalue weighted by Crippen LogP contribution is 2.50. The quantitative estimate of drug-likeness (QED) is 0.148. The summed E-state index contributed by atoms with van der Waals surface area (Å²) in [5, 5.41) is 13.9. The van der Waals surface area contributed by atoms with Crippen LogP contribution in [0.15, 0.2) is 41.5 Å². The molecule has 13 nitrogen and oxygen atoms in total. The van der Waals surface area contributed by atoms with Gasteiger partial charge < -0.3 is 29.4 Å². The molecule has 1 aliphatic heterocycles. The number of ether oxygens (including phenoxy) is 2. The number of aliphatic hydroxyl groups is 1. The molecule has 39 heavy (non-hydrogen) atoms. The number of aliphatic hydroxyl groups excluding tert-OH is 1. The van der Waals surface area contributed by atoms with Gasteiger partial charge in [-0.05, 0) is 44.7 Å². The third kappa shape index (κ3) is 6.55. The molecule has 5 atom stereocenters. The van der Waals surface area contributed by atoms with E-state index in [9.17, 15) is 14.7 Å². The number of esters is 1. The molecule has 0 radical (unpaired) electrons. The summed E-state index contributed by atoms with van der Waals surface area (Å²) < 4.78 is 22.5. The molecular weight excluding hydrogens is 594 g/mol. The maximum Gasteiger partial charge on any atom is 0.323 e. The van der Waals surface area contributed by atoms with Crippen LogP contribution in [0.3, 0.4) is 0 Å². The lowest BCUT2D eigenvalue weighted by Gasteiger charge is -2.28. The Bertz CT molecular complexity index is 1440. The molecular formula is C22H27Cl2N6O7PS. The van der Waals surface area contributed by atoms with Crippen molar-refractivity contribution in [1.29, 1.82) is 0 Å². The van der Waals surface area contributed by atoms with Gasteiger partial charge in [-0.2, -0.15) is 4.98 Å². The number of halogens is 2. The molecule has 1 saturated heterocycles. The molecule has 17 heteroatoms. The van der Waals surface area contributed by atoms with E-state index in [0.717, 1.165) is 0 Å². The second-order valence-electron chi connectivity index (χ2n) is 8.96. The van der Waals surface area contributed by atoms with E-state index in [0.29, 0.717) is 5.75 Å². The number of nitrogen functional groups attached to an aromatic ring is 1. The predicted molar refractivity (Wildman–Crippen MR) is 148 cm³/mol. The van der Waals surface area contributed by atoms with Crippen molar-refractivity contribution in [2.45, 2.75) is 55.7 Å².